The number of rotatable bonds is 6. The average Bonchev–Trinajstić information content (AvgIpc) is 2.72. The number of carbonyl (C=O) groups is 2. The van der Waals surface area contributed by atoms with Crippen LogP contribution in [0.2, 0.25) is 0 Å². The summed E-state index contributed by atoms with van der Waals surface area (Å²) in [5.41, 5.74) is 3.29. The summed E-state index contributed by atoms with van der Waals surface area (Å²) in [4.78, 5) is 34.1. The Balaban J connectivity index is 1.65. The molecule has 0 saturated heterocycles. The van der Waals surface area contributed by atoms with Gasteiger partial charge in [0.1, 0.15) is 12.1 Å². The van der Waals surface area contributed by atoms with Crippen LogP contribution >= 0.6 is 0 Å². The van der Waals surface area contributed by atoms with Crippen molar-refractivity contribution >= 4 is 11.8 Å². The first-order valence-electron chi connectivity index (χ1n) is 9.06. The zero-order chi connectivity index (χ0) is 20.8. The molecule has 2 amide bonds. The lowest BCUT2D eigenvalue weighted by Gasteiger charge is -2.13. The minimum Gasteiger partial charge on any atom is -0.352 e. The lowest BCUT2D eigenvalue weighted by atomic mass is 10.0. The van der Waals surface area contributed by atoms with Gasteiger partial charge in [0.2, 0.25) is 5.91 Å². The van der Waals surface area contributed by atoms with E-state index in [1.807, 2.05) is 24.3 Å². The van der Waals surface area contributed by atoms with E-state index in [2.05, 4.69) is 15.3 Å². The van der Waals surface area contributed by atoms with Gasteiger partial charge in [-0.1, -0.05) is 36.4 Å². The molecule has 1 heterocycles. The number of amides is 2. The second-order valence-corrected chi connectivity index (χ2v) is 6.76. The molecule has 7 heteroatoms. The van der Waals surface area contributed by atoms with Crippen LogP contribution in [0.15, 0.2) is 61.1 Å². The van der Waals surface area contributed by atoms with Gasteiger partial charge < -0.3 is 10.2 Å². The van der Waals surface area contributed by atoms with Gasteiger partial charge in [-0.2, -0.15) is 0 Å². The van der Waals surface area contributed by atoms with Crippen LogP contribution in [0.4, 0.5) is 4.39 Å². The third kappa shape index (κ3) is 5.22. The van der Waals surface area contributed by atoms with Crippen molar-refractivity contribution in [3.8, 4) is 11.3 Å². The molecule has 1 aromatic heterocycles. The molecule has 0 fully saturated rings. The summed E-state index contributed by atoms with van der Waals surface area (Å²) in [6, 6.07) is 13.4. The second-order valence-electron chi connectivity index (χ2n) is 6.76. The first kappa shape index (κ1) is 20.1. The van der Waals surface area contributed by atoms with Crippen LogP contribution < -0.4 is 5.32 Å². The summed E-state index contributed by atoms with van der Waals surface area (Å²) in [5.74, 6) is -0.716. The lowest BCUT2D eigenvalue weighted by Crippen LogP contribution is -2.24. The summed E-state index contributed by atoms with van der Waals surface area (Å²) in [5, 5.41) is 2.82. The van der Waals surface area contributed by atoms with Crippen LogP contribution in [0.5, 0.6) is 0 Å². The maximum atomic E-state index is 13.2. The molecule has 0 spiro atoms. The molecule has 6 nitrogen and oxygen atoms in total. The van der Waals surface area contributed by atoms with E-state index in [9.17, 15) is 14.0 Å². The summed E-state index contributed by atoms with van der Waals surface area (Å²) >= 11 is 0. The van der Waals surface area contributed by atoms with Gasteiger partial charge in [-0.25, -0.2) is 14.4 Å². The third-order valence-corrected chi connectivity index (χ3v) is 4.32. The maximum absolute atomic E-state index is 13.2. The fourth-order valence-electron chi connectivity index (χ4n) is 2.83. The van der Waals surface area contributed by atoms with Crippen LogP contribution in [0.1, 0.15) is 21.5 Å². The average molecular weight is 392 g/mol. The van der Waals surface area contributed by atoms with Gasteiger partial charge in [0.15, 0.2) is 0 Å². The molecule has 0 aliphatic heterocycles. The minimum absolute atomic E-state index is 0.118. The van der Waals surface area contributed by atoms with Crippen LogP contribution in [0.25, 0.3) is 11.3 Å². The highest BCUT2D eigenvalue weighted by molar-refractivity contribution is 5.99. The van der Waals surface area contributed by atoms with E-state index in [1.54, 1.807) is 26.2 Å². The van der Waals surface area contributed by atoms with Crippen LogP contribution in [-0.4, -0.2) is 40.8 Å². The van der Waals surface area contributed by atoms with E-state index in [-0.39, 0.29) is 24.1 Å². The third-order valence-electron chi connectivity index (χ3n) is 4.32. The first-order valence-corrected chi connectivity index (χ1v) is 9.06. The molecule has 1 N–H and O–H groups in total. The van der Waals surface area contributed by atoms with Crippen LogP contribution in [-0.2, 0) is 17.8 Å². The Hall–Kier alpha value is -3.61. The SMILES string of the molecule is CN(C)C(=O)c1cncnc1-c1ccc(CNC(=O)Cc2cccc(F)c2)cc1. The normalized spacial score (nSPS) is 10.4. The van der Waals surface area contributed by atoms with Gasteiger partial charge in [-0.05, 0) is 23.3 Å². The molecule has 3 rings (SSSR count). The molecule has 0 saturated carbocycles. The van der Waals surface area contributed by atoms with E-state index in [4.69, 9.17) is 0 Å². The number of nitrogens with one attached hydrogen (secondary N) is 1. The van der Waals surface area contributed by atoms with Gasteiger partial charge in [-0.3, -0.25) is 9.59 Å². The topological polar surface area (TPSA) is 75.2 Å². The maximum Gasteiger partial charge on any atom is 0.257 e. The molecule has 0 aliphatic rings. The molecule has 29 heavy (non-hydrogen) atoms. The van der Waals surface area contributed by atoms with Gasteiger partial charge in [-0.15, -0.1) is 0 Å². The van der Waals surface area contributed by atoms with Crippen LogP contribution in [0.3, 0.4) is 0 Å². The van der Waals surface area contributed by atoms with Gasteiger partial charge in [0, 0.05) is 32.4 Å². The number of carbonyl (C=O) groups excluding carboxylic acids is 2. The van der Waals surface area contributed by atoms with Crippen molar-refractivity contribution in [1.82, 2.24) is 20.2 Å². The Bertz CT molecular complexity index is 1020. The monoisotopic (exact) mass is 392 g/mol. The molecule has 3 aromatic rings. The zero-order valence-electron chi connectivity index (χ0n) is 16.2. The van der Waals surface area contributed by atoms with E-state index in [0.717, 1.165) is 11.1 Å². The van der Waals surface area contributed by atoms with Crippen molar-refractivity contribution in [3.63, 3.8) is 0 Å². The van der Waals surface area contributed by atoms with Crippen LogP contribution in [0, 0.1) is 5.82 Å². The van der Waals surface area contributed by atoms with E-state index in [0.29, 0.717) is 23.4 Å². The largest absolute Gasteiger partial charge is 0.352 e. The Kier molecular flexibility index (Phi) is 6.29. The Labute approximate surface area is 168 Å². The van der Waals surface area contributed by atoms with Crippen molar-refractivity contribution in [2.45, 2.75) is 13.0 Å². The fraction of sp³-hybridized carbons (Fsp3) is 0.182. The second kappa shape index (κ2) is 9.05. The lowest BCUT2D eigenvalue weighted by molar-refractivity contribution is -0.120. The van der Waals surface area contributed by atoms with E-state index >= 15 is 0 Å². The Morgan fingerprint density at radius 1 is 1.07 bits per heavy atom. The fourth-order valence-corrected chi connectivity index (χ4v) is 2.83. The molecule has 0 bridgehead atoms. The molecule has 0 atom stereocenters. The van der Waals surface area contributed by atoms with E-state index < -0.39 is 0 Å². The minimum atomic E-state index is -0.359. The van der Waals surface area contributed by atoms with Gasteiger partial charge in [0.05, 0.1) is 17.7 Å². The Morgan fingerprint density at radius 3 is 2.52 bits per heavy atom. The number of hydrogen-bond acceptors (Lipinski definition) is 4. The molecular weight excluding hydrogens is 371 g/mol. The highest BCUT2D eigenvalue weighted by Crippen LogP contribution is 2.22. The highest BCUT2D eigenvalue weighted by atomic mass is 19.1. The smallest absolute Gasteiger partial charge is 0.257 e. The predicted molar refractivity (Wildman–Crippen MR) is 107 cm³/mol. The van der Waals surface area contributed by atoms with Gasteiger partial charge >= 0.3 is 0 Å². The number of nitrogens with zero attached hydrogens (tertiary/aromatic N) is 3. The molecule has 0 aliphatic carbocycles. The van der Waals surface area contributed by atoms with Crippen molar-refractivity contribution in [2.24, 2.45) is 0 Å². The number of benzene rings is 2. The summed E-state index contributed by atoms with van der Waals surface area (Å²) in [6.45, 7) is 0.349. The van der Waals surface area contributed by atoms with Crippen molar-refractivity contribution in [1.29, 1.82) is 0 Å². The van der Waals surface area contributed by atoms with Crippen molar-refractivity contribution in [3.05, 3.63) is 83.6 Å². The number of halogens is 1. The summed E-state index contributed by atoms with van der Waals surface area (Å²) < 4.78 is 13.2. The number of aromatic nitrogens is 2. The molecule has 148 valence electrons. The van der Waals surface area contributed by atoms with Crippen molar-refractivity contribution < 1.29 is 14.0 Å². The summed E-state index contributed by atoms with van der Waals surface area (Å²) in [6.07, 6.45) is 3.03. The number of hydrogen-bond donors (Lipinski definition) is 1. The predicted octanol–water partition coefficient (Wildman–Crippen LogP) is 2.84. The standard InChI is InChI=1S/C22H21FN4O2/c1-27(2)22(29)19-13-24-14-26-21(19)17-8-6-15(7-9-17)12-25-20(28)11-16-4-3-5-18(23)10-16/h3-10,13-14H,11-12H2,1-2H3,(H,25,28). The summed E-state index contributed by atoms with van der Waals surface area (Å²) in [7, 11) is 3.35. The highest BCUT2D eigenvalue weighted by Gasteiger charge is 2.16. The first-order chi connectivity index (χ1) is 13.9. The molecule has 0 radical (unpaired) electrons. The van der Waals surface area contributed by atoms with Gasteiger partial charge in [0.25, 0.3) is 5.91 Å². The molecular formula is C22H21FN4O2. The van der Waals surface area contributed by atoms with E-state index in [1.165, 1.54) is 29.6 Å². The van der Waals surface area contributed by atoms with Crippen molar-refractivity contribution in [2.75, 3.05) is 14.1 Å². The zero-order valence-corrected chi connectivity index (χ0v) is 16.2. The molecule has 2 aromatic carbocycles. The quantitative estimate of drug-likeness (QED) is 0.700. The molecule has 0 unspecified atom stereocenters. The Morgan fingerprint density at radius 2 is 1.83 bits per heavy atom.